The average Bonchev–Trinajstić information content (AvgIpc) is 3.34. The van der Waals surface area contributed by atoms with Gasteiger partial charge in [0, 0.05) is 27.0 Å². The van der Waals surface area contributed by atoms with E-state index in [4.69, 9.17) is 12.6 Å². The molecule has 6 rings (SSSR count). The number of pyridine rings is 1. The number of fused-ring (bicyclic) bond motifs is 3. The molecule has 0 fully saturated rings. The first-order chi connectivity index (χ1) is 19.9. The van der Waals surface area contributed by atoms with Crippen molar-refractivity contribution in [3.8, 4) is 33.5 Å². The summed E-state index contributed by atoms with van der Waals surface area (Å²) >= 11 is 0. The lowest BCUT2D eigenvalue weighted by molar-refractivity contribution is -0.660. The zero-order chi connectivity index (χ0) is 30.1. The highest BCUT2D eigenvalue weighted by molar-refractivity contribution is 6.13. The maximum atomic E-state index is 15.5. The van der Waals surface area contributed by atoms with Crippen molar-refractivity contribution in [1.82, 2.24) is 0 Å². The zero-order valence-electron chi connectivity index (χ0n) is 25.5. The van der Waals surface area contributed by atoms with Gasteiger partial charge in [-0.2, -0.15) is 0 Å². The van der Waals surface area contributed by atoms with Gasteiger partial charge in [0.05, 0.1) is 13.9 Å². The average molecular weight is 483 g/mol. The number of furan rings is 1. The van der Waals surface area contributed by atoms with Crippen LogP contribution < -0.4 is 4.57 Å². The van der Waals surface area contributed by atoms with E-state index in [0.29, 0.717) is 33.0 Å². The van der Waals surface area contributed by atoms with Crippen LogP contribution in [-0.4, -0.2) is 0 Å². The highest BCUT2D eigenvalue weighted by atomic mass is 19.1. The summed E-state index contributed by atoms with van der Waals surface area (Å²) in [5.41, 5.74) is 4.44. The van der Waals surface area contributed by atoms with E-state index >= 15 is 4.39 Å². The van der Waals surface area contributed by atoms with Crippen LogP contribution >= 0.6 is 0 Å². The molecule has 0 aliphatic carbocycles. The van der Waals surface area contributed by atoms with E-state index in [0.717, 1.165) is 11.1 Å². The quantitative estimate of drug-likeness (QED) is 0.232. The second-order valence-corrected chi connectivity index (χ2v) is 8.77. The Morgan fingerprint density at radius 2 is 1.39 bits per heavy atom. The molecule has 2 aromatic heterocycles. The SMILES string of the molecule is [2H]c1c(F)c([2H])c(-c2c(C)ccc3c2oc2c(-c4ccc(-c5ccc(C([2H])([2H])[2H])cc5)cc4)c(F)ccc23)[n+](C)c1[2H]. The zero-order valence-corrected chi connectivity index (χ0v) is 19.5. The minimum absolute atomic E-state index is 0.0894. The molecule has 36 heavy (non-hydrogen) atoms. The second kappa shape index (κ2) is 8.42. The number of aromatic nitrogens is 1. The van der Waals surface area contributed by atoms with Crippen LogP contribution in [0.3, 0.4) is 0 Å². The fourth-order valence-corrected chi connectivity index (χ4v) is 4.67. The normalized spacial score (nSPS) is 14.2. The van der Waals surface area contributed by atoms with Crippen molar-refractivity contribution in [1.29, 1.82) is 0 Å². The monoisotopic (exact) mass is 482 g/mol. The van der Waals surface area contributed by atoms with Gasteiger partial charge in [0.2, 0.25) is 5.69 Å². The third kappa shape index (κ3) is 3.57. The van der Waals surface area contributed by atoms with Crippen LogP contribution in [0.4, 0.5) is 8.78 Å². The van der Waals surface area contributed by atoms with Crippen molar-refractivity contribution in [3.05, 3.63) is 114 Å². The summed E-state index contributed by atoms with van der Waals surface area (Å²) in [4.78, 5) is 0. The highest BCUT2D eigenvalue weighted by Gasteiger charge is 2.23. The number of rotatable bonds is 3. The fourth-order valence-electron chi connectivity index (χ4n) is 4.67. The second-order valence-electron chi connectivity index (χ2n) is 8.77. The molecule has 0 amide bonds. The van der Waals surface area contributed by atoms with E-state index in [1.54, 1.807) is 55.5 Å². The molecule has 176 valence electrons. The lowest BCUT2D eigenvalue weighted by Gasteiger charge is -2.07. The number of hydrogen-bond acceptors (Lipinski definition) is 1. The Morgan fingerprint density at radius 1 is 0.778 bits per heavy atom. The standard InChI is InChI=1S/C32H24F2NO/c1-19-4-7-21(8-5-19)22-9-11-23(12-10-22)30-27(34)15-14-26-25-13-6-20(2)29(31(25)36-32(26)30)28-18-24(33)16-17-35(28)3/h4-18H,1-3H3/q+1/i1D3,16D,17D,18D. The van der Waals surface area contributed by atoms with Crippen molar-refractivity contribution in [2.24, 2.45) is 7.05 Å². The van der Waals surface area contributed by atoms with Gasteiger partial charge in [-0.25, -0.2) is 13.3 Å². The first-order valence-corrected chi connectivity index (χ1v) is 11.4. The maximum Gasteiger partial charge on any atom is 0.219 e. The Labute approximate surface area is 216 Å². The Balaban J connectivity index is 1.53. The summed E-state index contributed by atoms with van der Waals surface area (Å²) in [6.07, 6.45) is -0.383. The predicted molar refractivity (Wildman–Crippen MR) is 141 cm³/mol. The molecule has 0 aliphatic rings. The molecular weight excluding hydrogens is 452 g/mol. The molecule has 2 heterocycles. The molecule has 0 saturated heterocycles. The molecule has 2 nitrogen and oxygen atoms in total. The lowest BCUT2D eigenvalue weighted by Crippen LogP contribution is -2.30. The maximum absolute atomic E-state index is 15.5. The molecule has 0 spiro atoms. The minimum Gasteiger partial charge on any atom is -0.454 e. The largest absolute Gasteiger partial charge is 0.454 e. The molecule has 0 atom stereocenters. The lowest BCUT2D eigenvalue weighted by atomic mass is 9.97. The summed E-state index contributed by atoms with van der Waals surface area (Å²) in [5.74, 6) is -1.60. The molecule has 0 unspecified atom stereocenters. The van der Waals surface area contributed by atoms with Gasteiger partial charge in [0.25, 0.3) is 0 Å². The van der Waals surface area contributed by atoms with Gasteiger partial charge in [-0.05, 0) is 48.2 Å². The number of halogens is 2. The summed E-state index contributed by atoms with van der Waals surface area (Å²) in [7, 11) is 1.50. The number of aryl methyl sites for hydroxylation is 2. The van der Waals surface area contributed by atoms with Gasteiger partial charge in [0.1, 0.15) is 31.2 Å². The van der Waals surface area contributed by atoms with Crippen LogP contribution in [0, 0.1) is 25.4 Å². The van der Waals surface area contributed by atoms with Crippen LogP contribution in [0.15, 0.2) is 95.5 Å². The highest BCUT2D eigenvalue weighted by Crippen LogP contribution is 2.41. The summed E-state index contributed by atoms with van der Waals surface area (Å²) < 4.78 is 85.1. The van der Waals surface area contributed by atoms with E-state index in [9.17, 15) is 4.39 Å². The first-order valence-electron chi connectivity index (χ1n) is 14.4. The van der Waals surface area contributed by atoms with Gasteiger partial charge in [0.15, 0.2) is 6.17 Å². The van der Waals surface area contributed by atoms with Gasteiger partial charge in [-0.1, -0.05) is 66.2 Å². The predicted octanol–water partition coefficient (Wildman–Crippen LogP) is 8.31. The fraction of sp³-hybridized carbons (Fsp3) is 0.0938. The Morgan fingerprint density at radius 3 is 2.08 bits per heavy atom. The van der Waals surface area contributed by atoms with E-state index in [1.807, 2.05) is 18.2 Å². The van der Waals surface area contributed by atoms with Crippen molar-refractivity contribution < 1.29 is 26.0 Å². The minimum atomic E-state index is -2.19. The third-order valence-electron chi connectivity index (χ3n) is 6.49. The molecule has 0 aliphatic heterocycles. The topological polar surface area (TPSA) is 17.0 Å². The van der Waals surface area contributed by atoms with Crippen LogP contribution in [0.5, 0.6) is 0 Å². The molecule has 4 heteroatoms. The number of nitrogens with zero attached hydrogens (tertiary/aromatic N) is 1. The van der Waals surface area contributed by atoms with Crippen molar-refractivity contribution >= 4 is 21.9 Å². The molecule has 4 aromatic carbocycles. The first kappa shape index (κ1) is 16.4. The molecule has 6 aromatic rings. The van der Waals surface area contributed by atoms with E-state index in [-0.39, 0.29) is 28.6 Å². The van der Waals surface area contributed by atoms with E-state index in [2.05, 4.69) is 0 Å². The van der Waals surface area contributed by atoms with Crippen LogP contribution in [0.1, 0.15) is 19.4 Å². The van der Waals surface area contributed by atoms with Crippen LogP contribution in [-0.2, 0) is 7.05 Å². The summed E-state index contributed by atoms with van der Waals surface area (Å²) in [6.45, 7) is -0.408. The van der Waals surface area contributed by atoms with Crippen molar-refractivity contribution in [2.75, 3.05) is 0 Å². The Bertz CT molecular complexity index is 2000. The molecule has 0 radical (unpaired) electrons. The number of benzene rings is 4. The molecule has 0 N–H and O–H groups in total. The van der Waals surface area contributed by atoms with Crippen LogP contribution in [0.25, 0.3) is 55.4 Å². The van der Waals surface area contributed by atoms with Crippen molar-refractivity contribution in [2.45, 2.75) is 13.8 Å². The smallest absolute Gasteiger partial charge is 0.219 e. The van der Waals surface area contributed by atoms with Gasteiger partial charge < -0.3 is 4.42 Å². The number of hydrogen-bond donors (Lipinski definition) is 0. The third-order valence-corrected chi connectivity index (χ3v) is 6.49. The molecule has 0 saturated carbocycles. The Hall–Kier alpha value is -4.31. The van der Waals surface area contributed by atoms with Crippen LogP contribution in [0.2, 0.25) is 0 Å². The Kier molecular flexibility index (Phi) is 3.83. The van der Waals surface area contributed by atoms with Gasteiger partial charge >= 0.3 is 0 Å². The van der Waals surface area contributed by atoms with Gasteiger partial charge in [-0.3, -0.25) is 0 Å². The summed E-state index contributed by atoms with van der Waals surface area (Å²) in [5, 5.41) is 1.27. The summed E-state index contributed by atoms with van der Waals surface area (Å²) in [6, 6.07) is 19.2. The van der Waals surface area contributed by atoms with E-state index in [1.165, 1.54) is 17.7 Å². The van der Waals surface area contributed by atoms with Crippen molar-refractivity contribution in [3.63, 3.8) is 0 Å². The van der Waals surface area contributed by atoms with E-state index < -0.39 is 30.6 Å². The molecular formula is C32H24F2NO+. The van der Waals surface area contributed by atoms with Gasteiger partial charge in [-0.15, -0.1) is 0 Å². The molecule has 0 bridgehead atoms.